The Morgan fingerprint density at radius 3 is 2.00 bits per heavy atom. The number of rotatable bonds is 2. The van der Waals surface area contributed by atoms with Crippen LogP contribution < -0.4 is 0 Å². The predicted octanol–water partition coefficient (Wildman–Crippen LogP) is 4.53. The monoisotopic (exact) mass is 238 g/mol. The van der Waals surface area contributed by atoms with Crippen LogP contribution in [0, 0.1) is 17.8 Å². The van der Waals surface area contributed by atoms with Gasteiger partial charge >= 0.3 is 0 Å². The number of aliphatic hydroxyl groups is 1. The van der Waals surface area contributed by atoms with Gasteiger partial charge in [-0.05, 0) is 43.4 Å². The van der Waals surface area contributed by atoms with E-state index >= 15 is 0 Å². The van der Waals surface area contributed by atoms with Crippen molar-refractivity contribution in [3.05, 3.63) is 0 Å². The third kappa shape index (κ3) is 3.98. The quantitative estimate of drug-likeness (QED) is 0.749. The van der Waals surface area contributed by atoms with E-state index in [4.69, 9.17) is 0 Å². The van der Waals surface area contributed by atoms with Crippen molar-refractivity contribution >= 4 is 0 Å². The van der Waals surface area contributed by atoms with Crippen LogP contribution in [-0.2, 0) is 0 Å². The van der Waals surface area contributed by atoms with Crippen LogP contribution in [0.1, 0.15) is 77.6 Å². The van der Waals surface area contributed by atoms with Gasteiger partial charge in [0, 0.05) is 0 Å². The van der Waals surface area contributed by atoms with Gasteiger partial charge in [0.05, 0.1) is 6.10 Å². The Hall–Kier alpha value is -0.0400. The molecule has 2 aliphatic carbocycles. The lowest BCUT2D eigenvalue weighted by atomic mass is 9.74. The zero-order valence-corrected chi connectivity index (χ0v) is 11.5. The van der Waals surface area contributed by atoms with E-state index in [2.05, 4.69) is 6.92 Å². The minimum Gasteiger partial charge on any atom is -0.393 e. The minimum absolute atomic E-state index is 0.0100. The van der Waals surface area contributed by atoms with Crippen molar-refractivity contribution in [2.24, 2.45) is 17.8 Å². The third-order valence-corrected chi connectivity index (χ3v) is 5.09. The van der Waals surface area contributed by atoms with E-state index < -0.39 is 0 Å². The number of aliphatic hydroxyl groups excluding tert-OH is 1. The molecule has 0 heterocycles. The Bertz CT molecular complexity index is 206. The van der Waals surface area contributed by atoms with E-state index in [0.717, 1.165) is 5.92 Å². The van der Waals surface area contributed by atoms with Crippen molar-refractivity contribution in [3.8, 4) is 0 Å². The maximum absolute atomic E-state index is 10.6. The molecule has 1 heteroatoms. The van der Waals surface area contributed by atoms with Gasteiger partial charge in [-0.25, -0.2) is 0 Å². The molecule has 0 aromatic heterocycles. The Labute approximate surface area is 107 Å². The summed E-state index contributed by atoms with van der Waals surface area (Å²) in [5, 5.41) is 10.6. The van der Waals surface area contributed by atoms with E-state index in [9.17, 15) is 5.11 Å². The van der Waals surface area contributed by atoms with Gasteiger partial charge in [-0.15, -0.1) is 0 Å². The highest BCUT2D eigenvalue weighted by molar-refractivity contribution is 4.81. The van der Waals surface area contributed by atoms with Crippen LogP contribution in [0.2, 0.25) is 0 Å². The van der Waals surface area contributed by atoms with Crippen LogP contribution in [0.3, 0.4) is 0 Å². The molecule has 0 radical (unpaired) electrons. The van der Waals surface area contributed by atoms with Crippen LogP contribution in [0.15, 0.2) is 0 Å². The first-order chi connectivity index (χ1) is 8.27. The summed E-state index contributed by atoms with van der Waals surface area (Å²) in [7, 11) is 0. The van der Waals surface area contributed by atoms with E-state index in [1.165, 1.54) is 70.6 Å². The SMILES string of the molecule is CC1CCCC(C(O)C2CCCCCCC2)C1. The van der Waals surface area contributed by atoms with Crippen LogP contribution in [-0.4, -0.2) is 11.2 Å². The summed E-state index contributed by atoms with van der Waals surface area (Å²) in [6.45, 7) is 2.36. The van der Waals surface area contributed by atoms with Gasteiger partial charge in [0.1, 0.15) is 0 Å². The lowest BCUT2D eigenvalue weighted by Gasteiger charge is -2.35. The summed E-state index contributed by atoms with van der Waals surface area (Å²) < 4.78 is 0. The molecule has 2 rings (SSSR count). The Morgan fingerprint density at radius 2 is 1.35 bits per heavy atom. The summed E-state index contributed by atoms with van der Waals surface area (Å²) in [6, 6.07) is 0. The highest BCUT2D eigenvalue weighted by Gasteiger charge is 2.30. The molecule has 2 aliphatic rings. The second-order valence-corrected chi connectivity index (χ2v) is 6.63. The Kier molecular flexibility index (Phi) is 5.34. The van der Waals surface area contributed by atoms with Gasteiger partial charge in [0.25, 0.3) is 0 Å². The topological polar surface area (TPSA) is 20.2 Å². The molecule has 3 unspecified atom stereocenters. The molecule has 0 aliphatic heterocycles. The summed E-state index contributed by atoms with van der Waals surface area (Å²) in [4.78, 5) is 0. The van der Waals surface area contributed by atoms with Crippen molar-refractivity contribution in [1.29, 1.82) is 0 Å². The van der Waals surface area contributed by atoms with Crippen LogP contribution in [0.4, 0.5) is 0 Å². The second-order valence-electron chi connectivity index (χ2n) is 6.63. The predicted molar refractivity (Wildman–Crippen MR) is 72.9 cm³/mol. The second kappa shape index (κ2) is 6.78. The van der Waals surface area contributed by atoms with Crippen molar-refractivity contribution in [1.82, 2.24) is 0 Å². The maximum Gasteiger partial charge on any atom is 0.0596 e. The lowest BCUT2D eigenvalue weighted by molar-refractivity contribution is 0.0145. The summed E-state index contributed by atoms with van der Waals surface area (Å²) in [6.07, 6.45) is 14.8. The molecule has 3 atom stereocenters. The molecule has 100 valence electrons. The average Bonchev–Trinajstić information content (AvgIpc) is 2.28. The first-order valence-corrected chi connectivity index (χ1v) is 7.95. The number of hydrogen-bond acceptors (Lipinski definition) is 1. The molecule has 17 heavy (non-hydrogen) atoms. The summed E-state index contributed by atoms with van der Waals surface area (Å²) in [5.74, 6) is 2.07. The van der Waals surface area contributed by atoms with Crippen LogP contribution in [0.25, 0.3) is 0 Å². The summed E-state index contributed by atoms with van der Waals surface area (Å²) in [5.41, 5.74) is 0. The first-order valence-electron chi connectivity index (χ1n) is 7.95. The van der Waals surface area contributed by atoms with Gasteiger partial charge < -0.3 is 5.11 Å². The molecule has 2 fully saturated rings. The van der Waals surface area contributed by atoms with Crippen molar-refractivity contribution in [2.45, 2.75) is 83.7 Å². The molecule has 0 spiro atoms. The van der Waals surface area contributed by atoms with Gasteiger partial charge in [0.15, 0.2) is 0 Å². The van der Waals surface area contributed by atoms with Crippen LogP contribution >= 0.6 is 0 Å². The molecule has 1 nitrogen and oxygen atoms in total. The molecular weight excluding hydrogens is 208 g/mol. The van der Waals surface area contributed by atoms with E-state index in [1.54, 1.807) is 0 Å². The zero-order valence-electron chi connectivity index (χ0n) is 11.5. The minimum atomic E-state index is 0.0100. The number of hydrogen-bond donors (Lipinski definition) is 1. The first kappa shape index (κ1) is 13.4. The van der Waals surface area contributed by atoms with Gasteiger partial charge in [-0.1, -0.05) is 51.9 Å². The maximum atomic E-state index is 10.6. The highest BCUT2D eigenvalue weighted by atomic mass is 16.3. The molecule has 0 bridgehead atoms. The van der Waals surface area contributed by atoms with Gasteiger partial charge in [-0.2, -0.15) is 0 Å². The van der Waals surface area contributed by atoms with E-state index in [0.29, 0.717) is 11.8 Å². The van der Waals surface area contributed by atoms with Crippen LogP contribution in [0.5, 0.6) is 0 Å². The van der Waals surface area contributed by atoms with Crippen molar-refractivity contribution in [3.63, 3.8) is 0 Å². The van der Waals surface area contributed by atoms with Crippen molar-refractivity contribution < 1.29 is 5.11 Å². The van der Waals surface area contributed by atoms with E-state index in [1.807, 2.05) is 0 Å². The summed E-state index contributed by atoms with van der Waals surface area (Å²) >= 11 is 0. The fraction of sp³-hybridized carbons (Fsp3) is 1.00. The third-order valence-electron chi connectivity index (χ3n) is 5.09. The van der Waals surface area contributed by atoms with Gasteiger partial charge in [0.2, 0.25) is 0 Å². The molecule has 0 aromatic rings. The largest absolute Gasteiger partial charge is 0.393 e. The van der Waals surface area contributed by atoms with E-state index in [-0.39, 0.29) is 6.10 Å². The smallest absolute Gasteiger partial charge is 0.0596 e. The molecular formula is C16H30O. The highest BCUT2D eigenvalue weighted by Crippen LogP contribution is 2.36. The van der Waals surface area contributed by atoms with Crippen molar-refractivity contribution in [2.75, 3.05) is 0 Å². The fourth-order valence-electron chi connectivity index (χ4n) is 4.01. The fourth-order valence-corrected chi connectivity index (χ4v) is 4.01. The standard InChI is InChI=1S/C16H30O/c1-13-8-7-11-15(12-13)16(17)14-9-5-3-2-4-6-10-14/h13-17H,2-12H2,1H3. The molecule has 0 aromatic carbocycles. The normalized spacial score (nSPS) is 34.9. The molecule has 0 saturated heterocycles. The van der Waals surface area contributed by atoms with Gasteiger partial charge in [-0.3, -0.25) is 0 Å². The molecule has 0 amide bonds. The Balaban J connectivity index is 1.85. The molecule has 2 saturated carbocycles. The average molecular weight is 238 g/mol. The lowest BCUT2D eigenvalue weighted by Crippen LogP contribution is -2.32. The molecule has 1 N–H and O–H groups in total. The zero-order chi connectivity index (χ0) is 12.1. The Morgan fingerprint density at radius 1 is 0.765 bits per heavy atom.